The Bertz CT molecular complexity index is 1160. The lowest BCUT2D eigenvalue weighted by Crippen LogP contribution is -2.35. The van der Waals surface area contributed by atoms with Crippen LogP contribution in [0.2, 0.25) is 0 Å². The molecule has 0 bridgehead atoms. The summed E-state index contributed by atoms with van der Waals surface area (Å²) >= 11 is 0. The average Bonchev–Trinajstić information content (AvgIpc) is 3.51. The second-order valence-corrected chi connectivity index (χ2v) is 9.63. The van der Waals surface area contributed by atoms with E-state index >= 15 is 0 Å². The maximum atomic E-state index is 12.5. The van der Waals surface area contributed by atoms with Crippen LogP contribution in [0.3, 0.4) is 0 Å². The fourth-order valence-electron chi connectivity index (χ4n) is 5.22. The number of carbonyl (C=O) groups excluding carboxylic acids is 1. The van der Waals surface area contributed by atoms with Crippen LogP contribution in [0.1, 0.15) is 41.9 Å². The first-order valence-corrected chi connectivity index (χ1v) is 12.4. The molecule has 1 atom stereocenters. The third-order valence-corrected chi connectivity index (χ3v) is 7.20. The predicted molar refractivity (Wildman–Crippen MR) is 133 cm³/mol. The number of amides is 1. The molecule has 2 N–H and O–H groups in total. The van der Waals surface area contributed by atoms with E-state index in [0.29, 0.717) is 13.2 Å². The number of carbonyl (C=O) groups is 1. The van der Waals surface area contributed by atoms with Crippen molar-refractivity contribution in [1.29, 1.82) is 0 Å². The van der Waals surface area contributed by atoms with E-state index in [1.165, 1.54) is 47.1 Å². The Balaban J connectivity index is 0.999. The van der Waals surface area contributed by atoms with E-state index < -0.39 is 6.09 Å². The van der Waals surface area contributed by atoms with Gasteiger partial charge in [0.15, 0.2) is 0 Å². The molecule has 3 aromatic carbocycles. The molecule has 34 heavy (non-hydrogen) atoms. The van der Waals surface area contributed by atoms with Crippen LogP contribution in [0.5, 0.6) is 5.75 Å². The molecule has 1 amide bonds. The zero-order valence-corrected chi connectivity index (χ0v) is 19.3. The molecule has 174 valence electrons. The summed E-state index contributed by atoms with van der Waals surface area (Å²) in [6, 6.07) is 23.0. The number of rotatable bonds is 8. The van der Waals surface area contributed by atoms with Crippen molar-refractivity contribution in [3.05, 3.63) is 83.4 Å². The van der Waals surface area contributed by atoms with Crippen molar-refractivity contribution < 1.29 is 14.3 Å². The van der Waals surface area contributed by atoms with Crippen molar-refractivity contribution in [2.75, 3.05) is 25.0 Å². The molecule has 5 heteroatoms. The molecule has 1 unspecified atom stereocenters. The Morgan fingerprint density at radius 2 is 1.71 bits per heavy atom. The van der Waals surface area contributed by atoms with E-state index in [0.717, 1.165) is 30.3 Å². The number of ether oxygens (including phenoxy) is 2. The SMILES string of the molecule is O=C(NCC1Cc2cc(NCCC3CC3)ccc2O1)OCC1c2ccccc2-c2ccccc21. The number of alkyl carbamates (subject to hydrolysis) is 1. The van der Waals surface area contributed by atoms with Crippen LogP contribution >= 0.6 is 0 Å². The summed E-state index contributed by atoms with van der Waals surface area (Å²) in [5, 5.41) is 6.42. The Labute approximate surface area is 200 Å². The number of anilines is 1. The number of fused-ring (bicyclic) bond motifs is 4. The minimum absolute atomic E-state index is 0.0657. The molecule has 2 aliphatic carbocycles. The quantitative estimate of drug-likeness (QED) is 0.456. The van der Waals surface area contributed by atoms with Gasteiger partial charge in [-0.15, -0.1) is 0 Å². The minimum atomic E-state index is -0.399. The van der Waals surface area contributed by atoms with Crippen LogP contribution in [-0.4, -0.2) is 31.9 Å². The smallest absolute Gasteiger partial charge is 0.407 e. The van der Waals surface area contributed by atoms with Gasteiger partial charge in [-0.2, -0.15) is 0 Å². The van der Waals surface area contributed by atoms with Gasteiger partial charge in [0.2, 0.25) is 0 Å². The molecule has 0 aromatic heterocycles. The van der Waals surface area contributed by atoms with Gasteiger partial charge in [-0.05, 0) is 58.4 Å². The van der Waals surface area contributed by atoms with E-state index in [4.69, 9.17) is 9.47 Å². The topological polar surface area (TPSA) is 59.6 Å². The van der Waals surface area contributed by atoms with Crippen LogP contribution in [0.4, 0.5) is 10.5 Å². The second kappa shape index (κ2) is 9.05. The van der Waals surface area contributed by atoms with E-state index in [-0.39, 0.29) is 12.0 Å². The van der Waals surface area contributed by atoms with Crippen LogP contribution in [0.25, 0.3) is 11.1 Å². The summed E-state index contributed by atoms with van der Waals surface area (Å²) < 4.78 is 11.7. The van der Waals surface area contributed by atoms with Crippen LogP contribution in [0, 0.1) is 5.92 Å². The zero-order valence-electron chi connectivity index (χ0n) is 19.3. The van der Waals surface area contributed by atoms with Gasteiger partial charge in [0.05, 0.1) is 6.54 Å². The van der Waals surface area contributed by atoms with Gasteiger partial charge >= 0.3 is 6.09 Å². The Morgan fingerprint density at radius 3 is 2.44 bits per heavy atom. The highest BCUT2D eigenvalue weighted by Crippen LogP contribution is 2.44. The maximum absolute atomic E-state index is 12.5. The summed E-state index contributed by atoms with van der Waals surface area (Å²) in [5.74, 6) is 1.90. The van der Waals surface area contributed by atoms with Crippen LogP contribution < -0.4 is 15.4 Å². The fourth-order valence-corrected chi connectivity index (χ4v) is 5.22. The van der Waals surface area contributed by atoms with E-state index in [1.807, 2.05) is 18.2 Å². The molecule has 1 saturated carbocycles. The Hall–Kier alpha value is -3.47. The molecule has 0 spiro atoms. The third kappa shape index (κ3) is 4.35. The van der Waals surface area contributed by atoms with Gasteiger partial charge in [0.1, 0.15) is 18.5 Å². The highest BCUT2D eigenvalue weighted by molar-refractivity contribution is 5.79. The van der Waals surface area contributed by atoms with E-state index in [9.17, 15) is 4.79 Å². The highest BCUT2D eigenvalue weighted by atomic mass is 16.5. The van der Waals surface area contributed by atoms with Gasteiger partial charge in [-0.25, -0.2) is 4.79 Å². The summed E-state index contributed by atoms with van der Waals surface area (Å²) in [6.07, 6.45) is 4.34. The van der Waals surface area contributed by atoms with Crippen molar-refractivity contribution in [2.45, 2.75) is 37.7 Å². The van der Waals surface area contributed by atoms with Crippen molar-refractivity contribution >= 4 is 11.8 Å². The molecule has 6 rings (SSSR count). The molecular formula is C29H30N2O3. The number of nitrogens with one attached hydrogen (secondary N) is 2. The number of hydrogen-bond acceptors (Lipinski definition) is 4. The van der Waals surface area contributed by atoms with E-state index in [2.05, 4.69) is 59.2 Å². The first-order chi connectivity index (χ1) is 16.7. The number of hydrogen-bond donors (Lipinski definition) is 2. The molecule has 3 aromatic rings. The first-order valence-electron chi connectivity index (χ1n) is 12.4. The molecule has 5 nitrogen and oxygen atoms in total. The summed E-state index contributed by atoms with van der Waals surface area (Å²) in [6.45, 7) is 1.77. The van der Waals surface area contributed by atoms with Gasteiger partial charge in [0.25, 0.3) is 0 Å². The lowest BCUT2D eigenvalue weighted by molar-refractivity contribution is 0.136. The lowest BCUT2D eigenvalue weighted by atomic mass is 9.98. The molecule has 1 fully saturated rings. The first kappa shape index (κ1) is 21.1. The summed E-state index contributed by atoms with van der Waals surface area (Å²) in [7, 11) is 0. The summed E-state index contributed by atoms with van der Waals surface area (Å²) in [5.41, 5.74) is 7.22. The van der Waals surface area contributed by atoms with Gasteiger partial charge in [-0.3, -0.25) is 0 Å². The monoisotopic (exact) mass is 454 g/mol. The average molecular weight is 455 g/mol. The Morgan fingerprint density at radius 1 is 0.971 bits per heavy atom. The molecule has 1 heterocycles. The second-order valence-electron chi connectivity index (χ2n) is 9.63. The maximum Gasteiger partial charge on any atom is 0.407 e. The predicted octanol–water partition coefficient (Wildman–Crippen LogP) is 5.74. The number of benzene rings is 3. The van der Waals surface area contributed by atoms with Gasteiger partial charge in [0, 0.05) is 24.6 Å². The van der Waals surface area contributed by atoms with Crippen molar-refractivity contribution in [3.63, 3.8) is 0 Å². The molecular weight excluding hydrogens is 424 g/mol. The molecule has 1 aliphatic heterocycles. The molecule has 3 aliphatic rings. The largest absolute Gasteiger partial charge is 0.488 e. The minimum Gasteiger partial charge on any atom is -0.488 e. The van der Waals surface area contributed by atoms with Crippen molar-refractivity contribution in [1.82, 2.24) is 5.32 Å². The van der Waals surface area contributed by atoms with E-state index in [1.54, 1.807) is 0 Å². The summed E-state index contributed by atoms with van der Waals surface area (Å²) in [4.78, 5) is 12.5. The highest BCUT2D eigenvalue weighted by Gasteiger charge is 2.29. The third-order valence-electron chi connectivity index (χ3n) is 7.20. The van der Waals surface area contributed by atoms with Crippen LogP contribution in [-0.2, 0) is 11.2 Å². The van der Waals surface area contributed by atoms with Crippen LogP contribution in [0.15, 0.2) is 66.7 Å². The fraction of sp³-hybridized carbons (Fsp3) is 0.345. The standard InChI is InChI=1S/C29H30N2O3/c32-29(33-18-27-25-7-3-1-5-23(25)24-6-2-4-8-26(24)27)31-17-22-16-20-15-21(11-12-28(20)34-22)30-14-13-19-9-10-19/h1-8,11-12,15,19,22,27,30H,9-10,13-14,16-18H2,(H,31,32). The normalized spacial score (nSPS) is 17.9. The Kier molecular flexibility index (Phi) is 5.61. The lowest BCUT2D eigenvalue weighted by Gasteiger charge is -2.16. The molecule has 0 saturated heterocycles. The van der Waals surface area contributed by atoms with Crippen molar-refractivity contribution in [2.24, 2.45) is 5.92 Å². The van der Waals surface area contributed by atoms with Gasteiger partial charge in [-0.1, -0.05) is 61.4 Å². The van der Waals surface area contributed by atoms with Crippen molar-refractivity contribution in [3.8, 4) is 16.9 Å². The zero-order chi connectivity index (χ0) is 22.9. The van der Waals surface area contributed by atoms with Gasteiger partial charge < -0.3 is 20.1 Å². The molecule has 0 radical (unpaired) electrons.